The van der Waals surface area contributed by atoms with Gasteiger partial charge in [-0.2, -0.15) is 0 Å². The lowest BCUT2D eigenvalue weighted by Gasteiger charge is -2.20. The molecule has 0 radical (unpaired) electrons. The van der Waals surface area contributed by atoms with Crippen molar-refractivity contribution in [1.29, 1.82) is 0 Å². The molecule has 2 N–H and O–H groups in total. The summed E-state index contributed by atoms with van der Waals surface area (Å²) in [6, 6.07) is 6.89. The maximum absolute atomic E-state index is 14.0. The molecule has 1 aromatic carbocycles. The van der Waals surface area contributed by atoms with Crippen LogP contribution in [-0.2, 0) is 6.54 Å². The average Bonchev–Trinajstić information content (AvgIpc) is 3.21. The van der Waals surface area contributed by atoms with Crippen LogP contribution in [0.25, 0.3) is 0 Å². The molecule has 2 aromatic rings. The fraction of sp³-hybridized carbons (Fsp3) is 0.429. The lowest BCUT2D eigenvalue weighted by atomic mass is 10.2. The van der Waals surface area contributed by atoms with Gasteiger partial charge in [-0.1, -0.05) is 11.6 Å². The van der Waals surface area contributed by atoms with Crippen LogP contribution in [0.5, 0.6) is 11.5 Å². The summed E-state index contributed by atoms with van der Waals surface area (Å²) in [7, 11) is 3.30. The van der Waals surface area contributed by atoms with Gasteiger partial charge in [0.15, 0.2) is 29.1 Å². The minimum atomic E-state index is -0.304. The van der Waals surface area contributed by atoms with Crippen molar-refractivity contribution in [2.75, 3.05) is 38.8 Å². The number of pyridine rings is 1. The van der Waals surface area contributed by atoms with Gasteiger partial charge in [0.05, 0.1) is 18.7 Å². The summed E-state index contributed by atoms with van der Waals surface area (Å²) in [6.07, 6.45) is 2.47. The monoisotopic (exact) mass is 563 g/mol. The Bertz CT molecular complexity index is 902. The highest BCUT2D eigenvalue weighted by atomic mass is 127. The zero-order valence-corrected chi connectivity index (χ0v) is 20.9. The van der Waals surface area contributed by atoms with Crippen LogP contribution < -0.4 is 25.0 Å². The standard InChI is InChI=1S/C21H27ClFN5O2.HI/c1-4-30-19-16(22)10-14(11-18(19)29-3)12-26-21(24-2)27-15-7-9-28(13-15)20-17(23)6-5-8-25-20;/h5-6,8,10-11,15H,4,7,9,12-13H2,1-3H3,(H2,24,26,27);1H. The molecule has 1 atom stereocenters. The van der Waals surface area contributed by atoms with Gasteiger partial charge in [0.25, 0.3) is 0 Å². The predicted molar refractivity (Wildman–Crippen MR) is 133 cm³/mol. The molecular formula is C21H28ClFIN5O2. The zero-order chi connectivity index (χ0) is 21.5. The highest BCUT2D eigenvalue weighted by Gasteiger charge is 2.26. The van der Waals surface area contributed by atoms with E-state index in [2.05, 4.69) is 20.6 Å². The lowest BCUT2D eigenvalue weighted by Crippen LogP contribution is -2.44. The Morgan fingerprint density at radius 3 is 2.90 bits per heavy atom. The Hall–Kier alpha value is -2.01. The van der Waals surface area contributed by atoms with E-state index in [0.29, 0.717) is 48.0 Å². The van der Waals surface area contributed by atoms with Gasteiger partial charge >= 0.3 is 0 Å². The molecule has 1 saturated heterocycles. The number of nitrogens with zero attached hydrogens (tertiary/aromatic N) is 3. The number of guanidine groups is 1. The summed E-state index contributed by atoms with van der Waals surface area (Å²) in [6.45, 7) is 4.29. The minimum absolute atomic E-state index is 0. The van der Waals surface area contributed by atoms with Crippen LogP contribution in [0.3, 0.4) is 0 Å². The molecule has 0 saturated carbocycles. The van der Waals surface area contributed by atoms with Crippen molar-refractivity contribution in [3.63, 3.8) is 0 Å². The van der Waals surface area contributed by atoms with Gasteiger partial charge in [-0.3, -0.25) is 4.99 Å². The number of rotatable bonds is 7. The third-order valence-electron chi connectivity index (χ3n) is 4.83. The predicted octanol–water partition coefficient (Wildman–Crippen LogP) is 3.84. The highest BCUT2D eigenvalue weighted by Crippen LogP contribution is 2.36. The summed E-state index contributed by atoms with van der Waals surface area (Å²) in [5, 5.41) is 7.17. The van der Waals surface area contributed by atoms with E-state index in [1.807, 2.05) is 24.0 Å². The minimum Gasteiger partial charge on any atom is -0.493 e. The van der Waals surface area contributed by atoms with E-state index >= 15 is 0 Å². The van der Waals surface area contributed by atoms with Crippen molar-refractivity contribution in [3.8, 4) is 11.5 Å². The van der Waals surface area contributed by atoms with Gasteiger partial charge in [0.1, 0.15) is 0 Å². The lowest BCUT2D eigenvalue weighted by molar-refractivity contribution is 0.311. The topological polar surface area (TPSA) is 71.0 Å². The van der Waals surface area contributed by atoms with Gasteiger partial charge in [0, 0.05) is 38.9 Å². The first-order valence-corrected chi connectivity index (χ1v) is 10.2. The van der Waals surface area contributed by atoms with Crippen LogP contribution >= 0.6 is 35.6 Å². The molecule has 1 unspecified atom stereocenters. The molecule has 1 aromatic heterocycles. The molecule has 1 fully saturated rings. The molecule has 3 rings (SSSR count). The van der Waals surface area contributed by atoms with E-state index in [4.69, 9.17) is 21.1 Å². The van der Waals surface area contributed by atoms with Crippen molar-refractivity contribution >= 4 is 47.4 Å². The summed E-state index contributed by atoms with van der Waals surface area (Å²) in [5.41, 5.74) is 0.937. The van der Waals surface area contributed by atoms with Gasteiger partial charge in [-0.15, -0.1) is 24.0 Å². The van der Waals surface area contributed by atoms with Crippen molar-refractivity contribution in [3.05, 3.63) is 46.9 Å². The quantitative estimate of drug-likeness (QED) is 0.303. The van der Waals surface area contributed by atoms with Crippen molar-refractivity contribution in [2.24, 2.45) is 4.99 Å². The van der Waals surface area contributed by atoms with E-state index < -0.39 is 0 Å². The molecule has 2 heterocycles. The molecule has 0 spiro atoms. The Kier molecular flexibility index (Phi) is 9.89. The largest absolute Gasteiger partial charge is 0.493 e. The number of nitrogens with one attached hydrogen (secondary N) is 2. The normalized spacial score (nSPS) is 16.0. The molecule has 1 aliphatic heterocycles. The molecular weight excluding hydrogens is 536 g/mol. The fourth-order valence-corrected chi connectivity index (χ4v) is 3.70. The Morgan fingerprint density at radius 1 is 1.42 bits per heavy atom. The maximum Gasteiger partial charge on any atom is 0.191 e. The molecule has 0 aliphatic carbocycles. The fourth-order valence-electron chi connectivity index (χ4n) is 3.41. The highest BCUT2D eigenvalue weighted by molar-refractivity contribution is 14.0. The van der Waals surface area contributed by atoms with E-state index in [1.165, 1.54) is 6.07 Å². The molecule has 0 bridgehead atoms. The Balaban J connectivity index is 0.00000341. The molecule has 7 nitrogen and oxygen atoms in total. The molecule has 1 aliphatic rings. The molecule has 31 heavy (non-hydrogen) atoms. The number of aromatic nitrogens is 1. The third kappa shape index (κ3) is 6.49. The van der Waals surface area contributed by atoms with E-state index in [9.17, 15) is 4.39 Å². The van der Waals surface area contributed by atoms with E-state index in [-0.39, 0.29) is 35.8 Å². The summed E-state index contributed by atoms with van der Waals surface area (Å²) < 4.78 is 24.9. The second-order valence-corrected chi connectivity index (χ2v) is 7.26. The summed E-state index contributed by atoms with van der Waals surface area (Å²) >= 11 is 6.35. The van der Waals surface area contributed by atoms with Gasteiger partial charge in [-0.25, -0.2) is 9.37 Å². The van der Waals surface area contributed by atoms with Crippen LogP contribution in [0.2, 0.25) is 5.02 Å². The van der Waals surface area contributed by atoms with Gasteiger partial charge in [0.2, 0.25) is 0 Å². The van der Waals surface area contributed by atoms with Crippen molar-refractivity contribution in [2.45, 2.75) is 25.9 Å². The summed E-state index contributed by atoms with van der Waals surface area (Å²) in [5.74, 6) is 1.88. The first-order valence-electron chi connectivity index (χ1n) is 9.87. The number of aliphatic imine (C=N–C) groups is 1. The average molecular weight is 564 g/mol. The molecule has 170 valence electrons. The number of anilines is 1. The number of benzene rings is 1. The number of hydrogen-bond donors (Lipinski definition) is 2. The van der Waals surface area contributed by atoms with E-state index in [0.717, 1.165) is 18.5 Å². The van der Waals surface area contributed by atoms with Crippen LogP contribution in [0.15, 0.2) is 35.5 Å². The molecule has 0 amide bonds. The number of hydrogen-bond acceptors (Lipinski definition) is 5. The maximum atomic E-state index is 14.0. The Labute approximate surface area is 204 Å². The second kappa shape index (κ2) is 12.1. The third-order valence-corrected chi connectivity index (χ3v) is 5.11. The number of methoxy groups -OCH3 is 1. The second-order valence-electron chi connectivity index (χ2n) is 6.85. The number of halogens is 3. The van der Waals surface area contributed by atoms with Gasteiger partial charge in [-0.05, 0) is 43.2 Å². The van der Waals surface area contributed by atoms with Crippen LogP contribution in [0.4, 0.5) is 10.2 Å². The first kappa shape index (κ1) is 25.3. The van der Waals surface area contributed by atoms with E-state index in [1.54, 1.807) is 26.4 Å². The van der Waals surface area contributed by atoms with Crippen LogP contribution in [0, 0.1) is 5.82 Å². The van der Waals surface area contributed by atoms with Gasteiger partial charge < -0.3 is 25.0 Å². The number of ether oxygens (including phenoxy) is 2. The molecule has 10 heteroatoms. The zero-order valence-electron chi connectivity index (χ0n) is 17.8. The smallest absolute Gasteiger partial charge is 0.191 e. The van der Waals surface area contributed by atoms with Crippen molar-refractivity contribution < 1.29 is 13.9 Å². The Morgan fingerprint density at radius 2 is 2.23 bits per heavy atom. The van der Waals surface area contributed by atoms with Crippen molar-refractivity contribution in [1.82, 2.24) is 15.6 Å². The summed E-state index contributed by atoms with van der Waals surface area (Å²) in [4.78, 5) is 10.4. The first-order chi connectivity index (χ1) is 14.5. The van der Waals surface area contributed by atoms with Crippen LogP contribution in [0.1, 0.15) is 18.9 Å². The SMILES string of the molecule is CCOc1c(Cl)cc(CNC(=NC)NC2CCN(c3ncccc3F)C2)cc1OC.I. The van der Waals surface area contributed by atoms with Crippen LogP contribution in [-0.4, -0.2) is 50.8 Å².